The number of nitrogens with one attached hydrogen (secondary N) is 1. The van der Waals surface area contributed by atoms with Crippen LogP contribution in [-0.4, -0.2) is 35.7 Å². The second-order valence-corrected chi connectivity index (χ2v) is 7.99. The lowest BCUT2D eigenvalue weighted by Gasteiger charge is -2.27. The Kier molecular flexibility index (Phi) is 5.96. The van der Waals surface area contributed by atoms with Gasteiger partial charge in [0.15, 0.2) is 4.67 Å². The van der Waals surface area contributed by atoms with Crippen LogP contribution in [0.1, 0.15) is 39.4 Å². The first-order chi connectivity index (χ1) is 10.3. The van der Waals surface area contributed by atoms with E-state index in [0.29, 0.717) is 30.3 Å². The average Bonchev–Trinajstić information content (AvgIpc) is 3.15. The smallest absolute Gasteiger partial charge is 0.410 e. The molecule has 0 radical (unpaired) electrons. The number of rotatable bonds is 6. The van der Waals surface area contributed by atoms with Gasteiger partial charge in [0.25, 0.3) is 0 Å². The van der Waals surface area contributed by atoms with E-state index in [1.165, 1.54) is 0 Å². The van der Waals surface area contributed by atoms with Gasteiger partial charge >= 0.3 is 6.09 Å². The van der Waals surface area contributed by atoms with Crippen LogP contribution in [0.2, 0.25) is 0 Å². The lowest BCUT2D eigenvalue weighted by molar-refractivity contribution is 0.0236. The zero-order valence-electron chi connectivity index (χ0n) is 13.1. The third kappa shape index (κ3) is 5.59. The Bertz CT molecular complexity index is 502. The fourth-order valence-corrected chi connectivity index (χ4v) is 2.68. The van der Waals surface area contributed by atoms with Gasteiger partial charge in [-0.05, 0) is 71.5 Å². The molecule has 5 nitrogen and oxygen atoms in total. The summed E-state index contributed by atoms with van der Waals surface area (Å²) in [6, 6.07) is 2.26. The summed E-state index contributed by atoms with van der Waals surface area (Å²) in [4.78, 5) is 14.0. The van der Waals surface area contributed by atoms with Crippen molar-refractivity contribution in [3.63, 3.8) is 0 Å². The molecule has 124 valence electrons. The number of hydrogen-bond acceptors (Lipinski definition) is 4. The monoisotopic (exact) mass is 436 g/mol. The van der Waals surface area contributed by atoms with Crippen LogP contribution < -0.4 is 5.32 Å². The van der Waals surface area contributed by atoms with E-state index in [1.54, 1.807) is 0 Å². The van der Waals surface area contributed by atoms with Crippen LogP contribution in [0.4, 0.5) is 4.79 Å². The van der Waals surface area contributed by atoms with Gasteiger partial charge < -0.3 is 19.4 Å². The van der Waals surface area contributed by atoms with E-state index in [4.69, 9.17) is 9.15 Å². The van der Waals surface area contributed by atoms with E-state index in [9.17, 15) is 4.79 Å². The van der Waals surface area contributed by atoms with Crippen molar-refractivity contribution < 1.29 is 13.9 Å². The molecular weight excluding hydrogens is 416 g/mol. The van der Waals surface area contributed by atoms with E-state index in [1.807, 2.05) is 31.7 Å². The standard InChI is InChI=1S/C15H22Br2N2O3/c1-15(2,3)22-14(20)19(10-4-5-10)7-6-18-9-11-8-12(16)13(17)21-11/h8,10,18H,4-7,9H2,1-3H3. The fraction of sp³-hybridized carbons (Fsp3) is 0.667. The normalized spacial score (nSPS) is 15.0. The predicted molar refractivity (Wildman–Crippen MR) is 91.8 cm³/mol. The van der Waals surface area contributed by atoms with E-state index in [0.717, 1.165) is 23.1 Å². The number of nitrogens with zero attached hydrogens (tertiary/aromatic N) is 1. The van der Waals surface area contributed by atoms with Crippen LogP contribution in [0.5, 0.6) is 0 Å². The minimum atomic E-state index is -0.454. The number of hydrogen-bond donors (Lipinski definition) is 1. The Labute approximate surface area is 148 Å². The summed E-state index contributed by atoms with van der Waals surface area (Å²) in [5.41, 5.74) is -0.454. The molecule has 1 N–H and O–H groups in total. The number of carbonyl (C=O) groups excluding carboxylic acids is 1. The molecule has 1 saturated carbocycles. The van der Waals surface area contributed by atoms with Gasteiger partial charge in [0.1, 0.15) is 11.4 Å². The second-order valence-electron chi connectivity index (χ2n) is 6.42. The van der Waals surface area contributed by atoms with Crippen molar-refractivity contribution in [3.8, 4) is 0 Å². The zero-order chi connectivity index (χ0) is 16.3. The Morgan fingerprint density at radius 1 is 1.45 bits per heavy atom. The van der Waals surface area contributed by atoms with Crippen LogP contribution in [-0.2, 0) is 11.3 Å². The van der Waals surface area contributed by atoms with E-state index in [-0.39, 0.29) is 6.09 Å². The minimum Gasteiger partial charge on any atom is -0.452 e. The quantitative estimate of drug-likeness (QED) is 0.674. The second kappa shape index (κ2) is 7.36. The van der Waals surface area contributed by atoms with Gasteiger partial charge in [0.05, 0.1) is 11.0 Å². The molecule has 1 aromatic heterocycles. The van der Waals surface area contributed by atoms with Crippen LogP contribution in [0, 0.1) is 0 Å². The fourth-order valence-electron chi connectivity index (χ4n) is 2.02. The molecule has 0 unspecified atom stereocenters. The van der Waals surface area contributed by atoms with Crippen molar-refractivity contribution >= 4 is 38.0 Å². The first kappa shape index (κ1) is 17.8. The molecular formula is C15H22Br2N2O3. The Morgan fingerprint density at radius 2 is 2.14 bits per heavy atom. The van der Waals surface area contributed by atoms with Crippen molar-refractivity contribution in [1.29, 1.82) is 0 Å². The molecule has 1 fully saturated rings. The van der Waals surface area contributed by atoms with Crippen LogP contribution in [0.25, 0.3) is 0 Å². The van der Waals surface area contributed by atoms with Gasteiger partial charge in [-0.15, -0.1) is 0 Å². The maximum atomic E-state index is 12.2. The molecule has 0 atom stereocenters. The van der Waals surface area contributed by atoms with Gasteiger partial charge in [0, 0.05) is 19.1 Å². The summed E-state index contributed by atoms with van der Waals surface area (Å²) in [7, 11) is 0. The van der Waals surface area contributed by atoms with Crippen molar-refractivity contribution in [2.24, 2.45) is 0 Å². The number of amides is 1. The molecule has 2 rings (SSSR count). The third-order valence-electron chi connectivity index (χ3n) is 3.14. The van der Waals surface area contributed by atoms with Crippen LogP contribution >= 0.6 is 31.9 Å². The van der Waals surface area contributed by atoms with Gasteiger partial charge in [-0.25, -0.2) is 4.79 Å². The lowest BCUT2D eigenvalue weighted by atomic mass is 10.2. The third-order valence-corrected chi connectivity index (χ3v) is 4.85. The molecule has 0 aromatic carbocycles. The molecule has 0 saturated heterocycles. The summed E-state index contributed by atoms with van der Waals surface area (Å²) in [5.74, 6) is 0.842. The molecule has 0 spiro atoms. The number of ether oxygens (including phenoxy) is 1. The number of carbonyl (C=O) groups is 1. The van der Waals surface area contributed by atoms with Gasteiger partial charge in [-0.2, -0.15) is 0 Å². The van der Waals surface area contributed by atoms with Crippen molar-refractivity contribution in [2.75, 3.05) is 13.1 Å². The van der Waals surface area contributed by atoms with Crippen LogP contribution in [0.15, 0.2) is 19.6 Å². The first-order valence-corrected chi connectivity index (χ1v) is 8.99. The van der Waals surface area contributed by atoms with Crippen molar-refractivity contribution in [1.82, 2.24) is 10.2 Å². The topological polar surface area (TPSA) is 54.7 Å². The lowest BCUT2D eigenvalue weighted by Crippen LogP contribution is -2.41. The summed E-state index contributed by atoms with van der Waals surface area (Å²) in [6.45, 7) is 7.63. The molecule has 22 heavy (non-hydrogen) atoms. The summed E-state index contributed by atoms with van der Waals surface area (Å²) in [5, 5.41) is 3.29. The summed E-state index contributed by atoms with van der Waals surface area (Å²) in [6.07, 6.45) is 1.91. The molecule has 1 heterocycles. The van der Waals surface area contributed by atoms with E-state index < -0.39 is 5.60 Å². The first-order valence-electron chi connectivity index (χ1n) is 7.40. The highest BCUT2D eigenvalue weighted by Crippen LogP contribution is 2.28. The SMILES string of the molecule is CC(C)(C)OC(=O)N(CCNCc1cc(Br)c(Br)o1)C1CC1. The zero-order valence-corrected chi connectivity index (χ0v) is 16.3. The molecule has 1 amide bonds. The highest BCUT2D eigenvalue weighted by molar-refractivity contribution is 9.13. The van der Waals surface area contributed by atoms with Gasteiger partial charge in [-0.1, -0.05) is 0 Å². The van der Waals surface area contributed by atoms with Crippen LogP contribution in [0.3, 0.4) is 0 Å². The Balaban J connectivity index is 1.76. The number of halogens is 2. The maximum absolute atomic E-state index is 12.2. The average molecular weight is 438 g/mol. The number of furan rings is 1. The van der Waals surface area contributed by atoms with Gasteiger partial charge in [0.2, 0.25) is 0 Å². The van der Waals surface area contributed by atoms with E-state index in [2.05, 4.69) is 37.2 Å². The molecule has 1 aliphatic rings. The molecule has 1 aliphatic carbocycles. The molecule has 1 aromatic rings. The van der Waals surface area contributed by atoms with Gasteiger partial charge in [-0.3, -0.25) is 0 Å². The molecule has 0 aliphatic heterocycles. The summed E-state index contributed by atoms with van der Waals surface area (Å²) < 4.78 is 12.6. The maximum Gasteiger partial charge on any atom is 0.410 e. The highest BCUT2D eigenvalue weighted by atomic mass is 79.9. The summed E-state index contributed by atoms with van der Waals surface area (Å²) >= 11 is 6.70. The Morgan fingerprint density at radius 3 is 2.64 bits per heavy atom. The van der Waals surface area contributed by atoms with E-state index >= 15 is 0 Å². The van der Waals surface area contributed by atoms with Crippen molar-refractivity contribution in [3.05, 3.63) is 21.0 Å². The predicted octanol–water partition coefficient (Wildman–Crippen LogP) is 4.29. The molecule has 7 heteroatoms. The minimum absolute atomic E-state index is 0.222. The van der Waals surface area contributed by atoms with Crippen molar-refractivity contribution in [2.45, 2.75) is 51.8 Å². The highest BCUT2D eigenvalue weighted by Gasteiger charge is 2.34. The Hall–Kier alpha value is -0.530. The molecule has 0 bridgehead atoms. The largest absolute Gasteiger partial charge is 0.452 e.